The van der Waals surface area contributed by atoms with Crippen LogP contribution in [0.3, 0.4) is 0 Å². The van der Waals surface area contributed by atoms with Gasteiger partial charge < -0.3 is 0 Å². The standard InChI is InChI=1S/C21H22N4O2S/c1-16(17-10-6-4-7-11-17)24(2)22-19(26)14-15-20(27)23-25(3)21(28)18-12-8-5-9-13-18/h4-15H,1H2,2-3H3,(H,22,26)(H,23,27)/b15-14-. The highest BCUT2D eigenvalue weighted by molar-refractivity contribution is 7.80. The summed E-state index contributed by atoms with van der Waals surface area (Å²) in [5, 5.41) is 2.93. The van der Waals surface area contributed by atoms with Crippen molar-refractivity contribution in [3.8, 4) is 0 Å². The van der Waals surface area contributed by atoms with Crippen molar-refractivity contribution >= 4 is 34.7 Å². The minimum Gasteiger partial charge on any atom is -0.288 e. The van der Waals surface area contributed by atoms with Crippen molar-refractivity contribution in [3.63, 3.8) is 0 Å². The summed E-state index contributed by atoms with van der Waals surface area (Å²) in [6.45, 7) is 3.95. The molecule has 0 saturated heterocycles. The minimum atomic E-state index is -0.472. The van der Waals surface area contributed by atoms with Crippen LogP contribution in [0.1, 0.15) is 11.1 Å². The second-order valence-corrected chi connectivity index (χ2v) is 6.27. The quantitative estimate of drug-likeness (QED) is 0.448. The third kappa shape index (κ3) is 6.07. The van der Waals surface area contributed by atoms with Gasteiger partial charge in [-0.3, -0.25) is 30.5 Å². The first kappa shape index (κ1) is 20.9. The van der Waals surface area contributed by atoms with E-state index in [4.69, 9.17) is 12.2 Å². The molecule has 2 aromatic carbocycles. The largest absolute Gasteiger partial charge is 0.288 e. The summed E-state index contributed by atoms with van der Waals surface area (Å²) >= 11 is 5.32. The normalized spacial score (nSPS) is 10.2. The molecule has 0 spiro atoms. The number of nitrogens with zero attached hydrogens (tertiary/aromatic N) is 2. The van der Waals surface area contributed by atoms with Gasteiger partial charge in [0.2, 0.25) is 0 Å². The van der Waals surface area contributed by atoms with Crippen LogP contribution in [0.5, 0.6) is 0 Å². The number of nitrogens with one attached hydrogen (secondary N) is 2. The van der Waals surface area contributed by atoms with Crippen molar-refractivity contribution in [3.05, 3.63) is 90.5 Å². The molecule has 0 bridgehead atoms. The van der Waals surface area contributed by atoms with Crippen LogP contribution in [-0.4, -0.2) is 40.9 Å². The molecule has 2 rings (SSSR count). The summed E-state index contributed by atoms with van der Waals surface area (Å²) in [5.41, 5.74) is 7.53. The van der Waals surface area contributed by atoms with Crippen LogP contribution in [0.2, 0.25) is 0 Å². The Balaban J connectivity index is 1.85. The lowest BCUT2D eigenvalue weighted by Crippen LogP contribution is -2.42. The van der Waals surface area contributed by atoms with Gasteiger partial charge in [-0.2, -0.15) is 0 Å². The van der Waals surface area contributed by atoms with E-state index in [1.807, 2.05) is 60.7 Å². The van der Waals surface area contributed by atoms with Gasteiger partial charge >= 0.3 is 0 Å². The van der Waals surface area contributed by atoms with E-state index in [0.29, 0.717) is 10.7 Å². The number of thiocarbonyl (C=S) groups is 1. The number of carbonyl (C=O) groups excluding carboxylic acids is 2. The molecule has 0 aromatic heterocycles. The van der Waals surface area contributed by atoms with E-state index < -0.39 is 11.8 Å². The zero-order valence-electron chi connectivity index (χ0n) is 15.8. The molecule has 2 amide bonds. The van der Waals surface area contributed by atoms with Gasteiger partial charge in [0, 0.05) is 31.8 Å². The lowest BCUT2D eigenvalue weighted by Gasteiger charge is -2.22. The minimum absolute atomic E-state index is 0.456. The summed E-state index contributed by atoms with van der Waals surface area (Å²) in [7, 11) is 3.31. The molecule has 6 nitrogen and oxygen atoms in total. The van der Waals surface area contributed by atoms with Crippen LogP contribution in [0, 0.1) is 0 Å². The molecule has 2 N–H and O–H groups in total. The first-order valence-corrected chi connectivity index (χ1v) is 8.90. The Morgan fingerprint density at radius 3 is 1.75 bits per heavy atom. The zero-order chi connectivity index (χ0) is 20.5. The van der Waals surface area contributed by atoms with Gasteiger partial charge in [0.15, 0.2) is 0 Å². The summed E-state index contributed by atoms with van der Waals surface area (Å²) in [4.78, 5) is 24.5. The van der Waals surface area contributed by atoms with Gasteiger partial charge in [-0.25, -0.2) is 0 Å². The molecule has 0 saturated carbocycles. The molecule has 144 valence electrons. The van der Waals surface area contributed by atoms with Crippen LogP contribution in [-0.2, 0) is 9.59 Å². The first-order valence-electron chi connectivity index (χ1n) is 8.49. The van der Waals surface area contributed by atoms with E-state index in [-0.39, 0.29) is 0 Å². The second kappa shape index (κ2) is 10.0. The number of hydrogen-bond acceptors (Lipinski definition) is 4. The third-order valence-corrected chi connectivity index (χ3v) is 4.29. The molecule has 7 heteroatoms. The fraction of sp³-hybridized carbons (Fsp3) is 0.0952. The smallest absolute Gasteiger partial charge is 0.262 e. The van der Waals surface area contributed by atoms with Crippen LogP contribution in [0.15, 0.2) is 79.4 Å². The molecule has 0 aliphatic heterocycles. The molecular weight excluding hydrogens is 372 g/mol. The van der Waals surface area contributed by atoms with Gasteiger partial charge in [-0.05, 0) is 5.56 Å². The lowest BCUT2D eigenvalue weighted by molar-refractivity contribution is -0.121. The zero-order valence-corrected chi connectivity index (χ0v) is 16.6. The predicted molar refractivity (Wildman–Crippen MR) is 115 cm³/mol. The third-order valence-electron chi connectivity index (χ3n) is 3.78. The number of hydrogen-bond donors (Lipinski definition) is 2. The maximum absolute atomic E-state index is 12.0. The van der Waals surface area contributed by atoms with Crippen molar-refractivity contribution in [1.82, 2.24) is 20.9 Å². The van der Waals surface area contributed by atoms with Crippen molar-refractivity contribution in [1.29, 1.82) is 0 Å². The predicted octanol–water partition coefficient (Wildman–Crippen LogP) is 2.52. The monoisotopic (exact) mass is 394 g/mol. The molecule has 0 unspecified atom stereocenters. The van der Waals surface area contributed by atoms with E-state index >= 15 is 0 Å². The van der Waals surface area contributed by atoms with Gasteiger partial charge in [0.25, 0.3) is 11.8 Å². The van der Waals surface area contributed by atoms with Crippen LogP contribution in [0.25, 0.3) is 5.70 Å². The Labute approximate surface area is 170 Å². The molecule has 2 aromatic rings. The number of hydrazine groups is 2. The van der Waals surface area contributed by atoms with Gasteiger partial charge in [-0.1, -0.05) is 79.5 Å². The Morgan fingerprint density at radius 2 is 1.25 bits per heavy atom. The van der Waals surface area contributed by atoms with Crippen molar-refractivity contribution in [2.75, 3.05) is 14.1 Å². The first-order chi connectivity index (χ1) is 13.4. The molecule has 0 atom stereocenters. The second-order valence-electron chi connectivity index (χ2n) is 5.89. The summed E-state index contributed by atoms with van der Waals surface area (Å²) in [6, 6.07) is 18.8. The fourth-order valence-corrected chi connectivity index (χ4v) is 2.46. The van der Waals surface area contributed by atoms with Crippen LogP contribution >= 0.6 is 12.2 Å². The number of carbonyl (C=O) groups is 2. The van der Waals surface area contributed by atoms with E-state index in [9.17, 15) is 9.59 Å². The molecule has 28 heavy (non-hydrogen) atoms. The van der Waals surface area contributed by atoms with Crippen LogP contribution < -0.4 is 10.9 Å². The molecular formula is C21H22N4O2S. The van der Waals surface area contributed by atoms with E-state index in [1.165, 1.54) is 10.0 Å². The highest BCUT2D eigenvalue weighted by Gasteiger charge is 2.10. The van der Waals surface area contributed by atoms with E-state index in [0.717, 1.165) is 23.3 Å². The van der Waals surface area contributed by atoms with Gasteiger partial charge in [-0.15, -0.1) is 0 Å². The molecule has 0 heterocycles. The van der Waals surface area contributed by atoms with E-state index in [2.05, 4.69) is 17.4 Å². The number of benzene rings is 2. The SMILES string of the molecule is C=C(c1ccccc1)N(C)NC(=O)/C=C\C(=O)NN(C)C(=S)c1ccccc1. The Kier molecular flexibility index (Phi) is 7.47. The topological polar surface area (TPSA) is 64.7 Å². The van der Waals surface area contributed by atoms with Gasteiger partial charge in [0.05, 0.1) is 5.70 Å². The highest BCUT2D eigenvalue weighted by atomic mass is 32.1. The average molecular weight is 395 g/mol. The Bertz CT molecular complexity index is 808. The maximum Gasteiger partial charge on any atom is 0.262 e. The lowest BCUT2D eigenvalue weighted by atomic mass is 10.2. The average Bonchev–Trinajstić information content (AvgIpc) is 2.72. The Morgan fingerprint density at radius 1 is 0.821 bits per heavy atom. The number of rotatable bonds is 6. The molecule has 0 aliphatic carbocycles. The van der Waals surface area contributed by atoms with Gasteiger partial charge in [0.1, 0.15) is 4.99 Å². The van der Waals surface area contributed by atoms with Crippen molar-refractivity contribution in [2.45, 2.75) is 0 Å². The fourth-order valence-electron chi connectivity index (χ4n) is 2.27. The summed E-state index contributed by atoms with van der Waals surface area (Å²) in [6.07, 6.45) is 2.28. The van der Waals surface area contributed by atoms with Crippen molar-refractivity contribution in [2.24, 2.45) is 0 Å². The van der Waals surface area contributed by atoms with Crippen molar-refractivity contribution < 1.29 is 9.59 Å². The van der Waals surface area contributed by atoms with E-state index in [1.54, 1.807) is 14.1 Å². The molecule has 0 fully saturated rings. The molecule has 0 radical (unpaired) electrons. The summed E-state index contributed by atoms with van der Waals surface area (Å²) in [5.74, 6) is -0.927. The summed E-state index contributed by atoms with van der Waals surface area (Å²) < 4.78 is 0. The maximum atomic E-state index is 12.0. The Hall–Kier alpha value is -3.45. The molecule has 0 aliphatic rings. The number of amides is 2. The highest BCUT2D eigenvalue weighted by Crippen LogP contribution is 2.13. The van der Waals surface area contributed by atoms with Crippen LogP contribution in [0.4, 0.5) is 0 Å².